The molecule has 2 N–H and O–H groups in total. The van der Waals surface area contributed by atoms with Gasteiger partial charge < -0.3 is 29.7 Å². The van der Waals surface area contributed by atoms with E-state index in [2.05, 4.69) is 10.6 Å². The number of nitrogens with zero attached hydrogens (tertiary/aromatic N) is 1. The van der Waals surface area contributed by atoms with E-state index in [1.165, 1.54) is 0 Å². The molecule has 170 valence electrons. The molecule has 12 heteroatoms. The van der Waals surface area contributed by atoms with Gasteiger partial charge in [-0.2, -0.15) is 0 Å². The maximum absolute atomic E-state index is 11.7. The topological polar surface area (TPSA) is 150 Å². The molecule has 12 nitrogen and oxygen atoms in total. The molecule has 0 bridgehead atoms. The van der Waals surface area contributed by atoms with E-state index in [9.17, 15) is 24.0 Å². The molecule has 0 unspecified atom stereocenters. The zero-order valence-corrected chi connectivity index (χ0v) is 16.9. The Hall–Kier alpha value is -2.57. The minimum Gasteiger partial charge on any atom is -0.377 e. The van der Waals surface area contributed by atoms with E-state index < -0.39 is 17.8 Å². The standard InChI is InChI=1S/C18H29N3O9/c22-14-19-6-8-27-10-12-29-13-11-28-9-7-20-15(23)2-1-3-18(26)30-21-16(24)4-5-17(21)25/h14H,1-13H2,(H,19,22)(H,20,23). The van der Waals surface area contributed by atoms with Gasteiger partial charge in [0.25, 0.3) is 11.8 Å². The predicted molar refractivity (Wildman–Crippen MR) is 101 cm³/mol. The number of hydroxylamine groups is 2. The van der Waals surface area contributed by atoms with Crippen molar-refractivity contribution in [2.45, 2.75) is 32.1 Å². The second-order valence-corrected chi connectivity index (χ2v) is 6.16. The fourth-order valence-electron chi connectivity index (χ4n) is 2.28. The summed E-state index contributed by atoms with van der Waals surface area (Å²) in [6.07, 6.45) is 0.970. The van der Waals surface area contributed by atoms with Crippen LogP contribution in [0.15, 0.2) is 0 Å². The summed E-state index contributed by atoms with van der Waals surface area (Å²) in [7, 11) is 0. The number of rotatable bonds is 18. The van der Waals surface area contributed by atoms with Crippen molar-refractivity contribution in [3.05, 3.63) is 0 Å². The summed E-state index contributed by atoms with van der Waals surface area (Å²) in [4.78, 5) is 60.7. The maximum Gasteiger partial charge on any atom is 0.333 e. The van der Waals surface area contributed by atoms with Crippen molar-refractivity contribution >= 4 is 30.1 Å². The first kappa shape index (κ1) is 25.5. The lowest BCUT2D eigenvalue weighted by molar-refractivity contribution is -0.197. The third-order valence-corrected chi connectivity index (χ3v) is 3.77. The minimum atomic E-state index is -0.724. The number of hydrogen-bond donors (Lipinski definition) is 2. The first-order chi connectivity index (χ1) is 14.5. The van der Waals surface area contributed by atoms with Crippen LogP contribution in [0, 0.1) is 0 Å². The van der Waals surface area contributed by atoms with Crippen LogP contribution in [0.4, 0.5) is 0 Å². The first-order valence-electron chi connectivity index (χ1n) is 9.78. The van der Waals surface area contributed by atoms with E-state index in [1.54, 1.807) is 0 Å². The van der Waals surface area contributed by atoms with E-state index in [4.69, 9.17) is 19.0 Å². The van der Waals surface area contributed by atoms with Gasteiger partial charge in [0.05, 0.1) is 39.6 Å². The summed E-state index contributed by atoms with van der Waals surface area (Å²) in [5.41, 5.74) is 0. The normalized spacial score (nSPS) is 13.4. The number of hydrogen-bond acceptors (Lipinski definition) is 9. The zero-order chi connectivity index (χ0) is 22.0. The van der Waals surface area contributed by atoms with Gasteiger partial charge in [-0.25, -0.2) is 4.79 Å². The second-order valence-electron chi connectivity index (χ2n) is 6.16. The molecule has 0 aromatic heterocycles. The Morgan fingerprint density at radius 1 is 0.867 bits per heavy atom. The summed E-state index contributed by atoms with van der Waals surface area (Å²) in [5, 5.41) is 5.62. The van der Waals surface area contributed by atoms with Crippen molar-refractivity contribution in [2.75, 3.05) is 52.7 Å². The quantitative estimate of drug-likeness (QED) is 0.153. The maximum atomic E-state index is 11.7. The molecule has 1 saturated heterocycles. The second kappa shape index (κ2) is 16.3. The highest BCUT2D eigenvalue weighted by atomic mass is 16.7. The fraction of sp³-hybridized carbons (Fsp3) is 0.722. The number of imide groups is 1. The zero-order valence-electron chi connectivity index (χ0n) is 16.9. The van der Waals surface area contributed by atoms with Crippen LogP contribution >= 0.6 is 0 Å². The average molecular weight is 431 g/mol. The van der Waals surface area contributed by atoms with Crippen LogP contribution in [0.5, 0.6) is 0 Å². The Morgan fingerprint density at radius 2 is 1.43 bits per heavy atom. The van der Waals surface area contributed by atoms with Crippen molar-refractivity contribution in [3.63, 3.8) is 0 Å². The Morgan fingerprint density at radius 3 is 2.03 bits per heavy atom. The molecule has 0 spiro atoms. The highest BCUT2D eigenvalue weighted by Crippen LogP contribution is 2.13. The summed E-state index contributed by atoms with van der Waals surface area (Å²) >= 11 is 0. The van der Waals surface area contributed by atoms with E-state index in [1.807, 2.05) is 0 Å². The number of amides is 4. The molecule has 1 fully saturated rings. The molecule has 1 aliphatic rings. The van der Waals surface area contributed by atoms with E-state index >= 15 is 0 Å². The van der Waals surface area contributed by atoms with E-state index in [0.29, 0.717) is 64.2 Å². The monoisotopic (exact) mass is 431 g/mol. The highest BCUT2D eigenvalue weighted by molar-refractivity contribution is 6.01. The molecule has 1 rings (SSSR count). The number of carbonyl (C=O) groups excluding carboxylic acids is 5. The Labute approximate surface area is 174 Å². The Bertz CT molecular complexity index is 555. The van der Waals surface area contributed by atoms with Crippen LogP contribution in [0.1, 0.15) is 32.1 Å². The lowest BCUT2D eigenvalue weighted by Crippen LogP contribution is -2.32. The van der Waals surface area contributed by atoms with Gasteiger partial charge in [0, 0.05) is 38.8 Å². The summed E-state index contributed by atoms with van der Waals surface area (Å²) in [5.74, 6) is -2.03. The van der Waals surface area contributed by atoms with Crippen molar-refractivity contribution in [1.29, 1.82) is 0 Å². The molecule has 0 saturated carbocycles. The van der Waals surface area contributed by atoms with Gasteiger partial charge in [-0.15, -0.1) is 5.06 Å². The smallest absolute Gasteiger partial charge is 0.333 e. The van der Waals surface area contributed by atoms with Gasteiger partial charge >= 0.3 is 5.97 Å². The van der Waals surface area contributed by atoms with Crippen molar-refractivity contribution in [2.24, 2.45) is 0 Å². The molecule has 30 heavy (non-hydrogen) atoms. The lowest BCUT2D eigenvalue weighted by Gasteiger charge is -2.12. The molecule has 0 radical (unpaired) electrons. The largest absolute Gasteiger partial charge is 0.377 e. The fourth-order valence-corrected chi connectivity index (χ4v) is 2.28. The SMILES string of the molecule is O=CNCCOCCOCCOCCNC(=O)CCCC(=O)ON1C(=O)CCC1=O. The molecule has 0 atom stereocenters. The number of nitrogens with one attached hydrogen (secondary N) is 2. The van der Waals surface area contributed by atoms with Gasteiger partial charge in [0.15, 0.2) is 0 Å². The van der Waals surface area contributed by atoms with Crippen molar-refractivity contribution < 1.29 is 43.0 Å². The van der Waals surface area contributed by atoms with Crippen LogP contribution < -0.4 is 10.6 Å². The molecule has 4 amide bonds. The van der Waals surface area contributed by atoms with Crippen LogP contribution in [0.25, 0.3) is 0 Å². The molecule has 0 aromatic rings. The molecule has 0 aromatic carbocycles. The van der Waals surface area contributed by atoms with E-state index in [-0.39, 0.29) is 38.0 Å². The lowest BCUT2D eigenvalue weighted by atomic mass is 10.2. The summed E-state index contributed by atoms with van der Waals surface area (Å²) in [6.45, 7) is 3.16. The van der Waals surface area contributed by atoms with Gasteiger partial charge in [-0.1, -0.05) is 0 Å². The third-order valence-electron chi connectivity index (χ3n) is 3.77. The molecular formula is C18H29N3O9. The van der Waals surface area contributed by atoms with Crippen LogP contribution in [0.3, 0.4) is 0 Å². The van der Waals surface area contributed by atoms with Crippen LogP contribution in [-0.2, 0) is 43.0 Å². The summed E-state index contributed by atoms with van der Waals surface area (Å²) < 4.78 is 15.8. The van der Waals surface area contributed by atoms with Gasteiger partial charge in [0.2, 0.25) is 12.3 Å². The molecule has 0 aliphatic carbocycles. The van der Waals surface area contributed by atoms with Crippen LogP contribution in [-0.4, -0.2) is 87.9 Å². The highest BCUT2D eigenvalue weighted by Gasteiger charge is 2.32. The first-order valence-corrected chi connectivity index (χ1v) is 9.78. The molecule has 1 heterocycles. The predicted octanol–water partition coefficient (Wildman–Crippen LogP) is -1.32. The van der Waals surface area contributed by atoms with Gasteiger partial charge in [0.1, 0.15) is 0 Å². The van der Waals surface area contributed by atoms with E-state index in [0.717, 1.165) is 0 Å². The van der Waals surface area contributed by atoms with Crippen molar-refractivity contribution in [3.8, 4) is 0 Å². The number of carbonyl (C=O) groups is 5. The third kappa shape index (κ3) is 12.1. The average Bonchev–Trinajstić information content (AvgIpc) is 3.03. The molecular weight excluding hydrogens is 402 g/mol. The minimum absolute atomic E-state index is 0.0401. The Kier molecular flexibility index (Phi) is 13.8. The van der Waals surface area contributed by atoms with Crippen molar-refractivity contribution in [1.82, 2.24) is 15.7 Å². The van der Waals surface area contributed by atoms with Crippen LogP contribution in [0.2, 0.25) is 0 Å². The van der Waals surface area contributed by atoms with Gasteiger partial charge in [-0.05, 0) is 6.42 Å². The molecule has 1 aliphatic heterocycles. The Balaban J connectivity index is 1.87. The summed E-state index contributed by atoms with van der Waals surface area (Å²) in [6, 6.07) is 0. The van der Waals surface area contributed by atoms with Gasteiger partial charge in [-0.3, -0.25) is 19.2 Å². The number of ether oxygens (including phenoxy) is 3.